The summed E-state index contributed by atoms with van der Waals surface area (Å²) >= 11 is 0. The first-order chi connectivity index (χ1) is 8.50. The summed E-state index contributed by atoms with van der Waals surface area (Å²) in [5.74, 6) is -0.0336. The highest BCUT2D eigenvalue weighted by atomic mass is 16.5. The van der Waals surface area contributed by atoms with E-state index >= 15 is 0 Å². The minimum Gasteiger partial charge on any atom is -0.481 e. The summed E-state index contributed by atoms with van der Waals surface area (Å²) in [6.45, 7) is 8.49. The van der Waals surface area contributed by atoms with E-state index in [0.29, 0.717) is 24.4 Å². The number of aliphatic carboxylic acids is 1. The first-order valence-electron chi connectivity index (χ1n) is 7.04. The van der Waals surface area contributed by atoms with Gasteiger partial charge in [0.2, 0.25) is 0 Å². The minimum atomic E-state index is -0.691. The zero-order valence-corrected chi connectivity index (χ0v) is 11.8. The van der Waals surface area contributed by atoms with Crippen LogP contribution >= 0.6 is 0 Å². The predicted octanol–water partition coefficient (Wildman–Crippen LogP) is 2.14. The number of carboxylic acid groups (broad SMARTS) is 1. The van der Waals surface area contributed by atoms with Gasteiger partial charge in [-0.1, -0.05) is 13.8 Å². The lowest BCUT2D eigenvalue weighted by molar-refractivity contribution is -0.142. The Bertz CT molecular complexity index is 249. The first kappa shape index (κ1) is 15.4. The van der Waals surface area contributed by atoms with Crippen molar-refractivity contribution in [3.05, 3.63) is 0 Å². The maximum atomic E-state index is 11.2. The average Bonchev–Trinajstić information content (AvgIpc) is 2.34. The molecule has 0 saturated carbocycles. The van der Waals surface area contributed by atoms with Gasteiger partial charge in [-0.2, -0.15) is 0 Å². The molecule has 0 aliphatic carbocycles. The topological polar surface area (TPSA) is 58.6 Å². The van der Waals surface area contributed by atoms with Gasteiger partial charge >= 0.3 is 5.97 Å². The van der Waals surface area contributed by atoms with Gasteiger partial charge in [0, 0.05) is 19.2 Å². The molecular formula is C14H27NO3. The van der Waals surface area contributed by atoms with Gasteiger partial charge in [-0.05, 0) is 38.0 Å². The molecule has 1 fully saturated rings. The number of hydrogen-bond acceptors (Lipinski definition) is 3. The van der Waals surface area contributed by atoms with E-state index in [1.807, 2.05) is 0 Å². The van der Waals surface area contributed by atoms with Crippen LogP contribution in [0, 0.1) is 17.8 Å². The van der Waals surface area contributed by atoms with Gasteiger partial charge in [0.05, 0.1) is 12.5 Å². The van der Waals surface area contributed by atoms with E-state index in [2.05, 4.69) is 26.1 Å². The maximum Gasteiger partial charge on any atom is 0.307 e. The summed E-state index contributed by atoms with van der Waals surface area (Å²) in [5, 5.41) is 12.6. The van der Waals surface area contributed by atoms with Crippen molar-refractivity contribution in [1.82, 2.24) is 5.32 Å². The Morgan fingerprint density at radius 2 is 2.17 bits per heavy atom. The highest BCUT2D eigenvalue weighted by Gasteiger charge is 2.23. The molecule has 0 amide bonds. The third-order valence-corrected chi connectivity index (χ3v) is 3.69. The Kier molecular flexibility index (Phi) is 6.65. The second-order valence-corrected chi connectivity index (χ2v) is 5.84. The quantitative estimate of drug-likeness (QED) is 0.733. The Balaban J connectivity index is 2.33. The lowest BCUT2D eigenvalue weighted by Crippen LogP contribution is -2.41. The third-order valence-electron chi connectivity index (χ3n) is 3.69. The number of carbonyl (C=O) groups is 1. The molecule has 0 spiro atoms. The molecule has 1 saturated heterocycles. The molecule has 4 heteroatoms. The molecule has 0 bridgehead atoms. The minimum absolute atomic E-state index is 0.281. The van der Waals surface area contributed by atoms with Gasteiger partial charge in [0.15, 0.2) is 0 Å². The molecule has 1 rings (SSSR count). The van der Waals surface area contributed by atoms with E-state index in [0.717, 1.165) is 26.1 Å². The summed E-state index contributed by atoms with van der Waals surface area (Å²) in [5.41, 5.74) is 0. The maximum absolute atomic E-state index is 11.2. The summed E-state index contributed by atoms with van der Waals surface area (Å²) < 4.78 is 5.47. The van der Waals surface area contributed by atoms with Crippen molar-refractivity contribution in [3.63, 3.8) is 0 Å². The van der Waals surface area contributed by atoms with Crippen molar-refractivity contribution in [3.8, 4) is 0 Å². The normalized spacial score (nSPS) is 23.9. The third kappa shape index (κ3) is 5.36. The van der Waals surface area contributed by atoms with Crippen LogP contribution in [0.15, 0.2) is 0 Å². The molecule has 0 aromatic carbocycles. The van der Waals surface area contributed by atoms with Crippen molar-refractivity contribution in [2.75, 3.05) is 19.8 Å². The van der Waals surface area contributed by atoms with Crippen LogP contribution in [-0.4, -0.2) is 36.9 Å². The largest absolute Gasteiger partial charge is 0.481 e. The molecule has 1 aliphatic rings. The second kappa shape index (κ2) is 7.74. The summed E-state index contributed by atoms with van der Waals surface area (Å²) in [7, 11) is 0. The van der Waals surface area contributed by atoms with Crippen molar-refractivity contribution in [2.24, 2.45) is 17.8 Å². The summed E-state index contributed by atoms with van der Waals surface area (Å²) in [4.78, 5) is 11.2. The van der Waals surface area contributed by atoms with Gasteiger partial charge < -0.3 is 15.2 Å². The Morgan fingerprint density at radius 3 is 2.67 bits per heavy atom. The molecule has 3 unspecified atom stereocenters. The van der Waals surface area contributed by atoms with Crippen molar-refractivity contribution in [2.45, 2.75) is 46.1 Å². The van der Waals surface area contributed by atoms with Crippen molar-refractivity contribution >= 4 is 5.97 Å². The van der Waals surface area contributed by atoms with Crippen LogP contribution in [0.5, 0.6) is 0 Å². The lowest BCUT2D eigenvalue weighted by Gasteiger charge is -2.29. The number of nitrogens with one attached hydrogen (secondary N) is 1. The van der Waals surface area contributed by atoms with Crippen LogP contribution in [0.4, 0.5) is 0 Å². The average molecular weight is 257 g/mol. The van der Waals surface area contributed by atoms with Crippen LogP contribution in [-0.2, 0) is 9.53 Å². The molecule has 3 atom stereocenters. The molecule has 106 valence electrons. The molecule has 0 aromatic rings. The fourth-order valence-corrected chi connectivity index (χ4v) is 2.50. The molecule has 18 heavy (non-hydrogen) atoms. The zero-order chi connectivity index (χ0) is 13.5. The molecule has 4 nitrogen and oxygen atoms in total. The monoisotopic (exact) mass is 257 g/mol. The van der Waals surface area contributed by atoms with E-state index in [1.165, 1.54) is 6.42 Å². The number of ether oxygens (including phenoxy) is 1. The molecular weight excluding hydrogens is 230 g/mol. The number of carboxylic acids is 1. The fourth-order valence-electron chi connectivity index (χ4n) is 2.50. The summed E-state index contributed by atoms with van der Waals surface area (Å²) in [6, 6.07) is 0.333. The molecule has 2 N–H and O–H groups in total. The first-order valence-corrected chi connectivity index (χ1v) is 7.04. The highest BCUT2D eigenvalue weighted by Crippen LogP contribution is 2.18. The van der Waals surface area contributed by atoms with Gasteiger partial charge in [0.1, 0.15) is 0 Å². The van der Waals surface area contributed by atoms with E-state index in [-0.39, 0.29) is 5.92 Å². The summed E-state index contributed by atoms with van der Waals surface area (Å²) in [6.07, 6.45) is 3.03. The van der Waals surface area contributed by atoms with Gasteiger partial charge in [-0.25, -0.2) is 0 Å². The van der Waals surface area contributed by atoms with Crippen molar-refractivity contribution < 1.29 is 14.6 Å². The fraction of sp³-hybridized carbons (Fsp3) is 0.929. The molecule has 1 heterocycles. The number of rotatable bonds is 7. The van der Waals surface area contributed by atoms with Crippen LogP contribution < -0.4 is 5.32 Å². The smallest absolute Gasteiger partial charge is 0.307 e. The van der Waals surface area contributed by atoms with Crippen LogP contribution in [0.25, 0.3) is 0 Å². The van der Waals surface area contributed by atoms with Gasteiger partial charge in [-0.3, -0.25) is 4.79 Å². The molecule has 0 aromatic heterocycles. The number of hydrogen-bond donors (Lipinski definition) is 2. The van der Waals surface area contributed by atoms with Crippen molar-refractivity contribution in [1.29, 1.82) is 0 Å². The molecule has 1 aliphatic heterocycles. The SMILES string of the molecule is CC(C)CC(CNC(C)C1CCCOC1)C(=O)O. The highest BCUT2D eigenvalue weighted by molar-refractivity contribution is 5.70. The molecule has 0 radical (unpaired) electrons. The van der Waals surface area contributed by atoms with E-state index < -0.39 is 5.97 Å². The Labute approximate surface area is 110 Å². The second-order valence-electron chi connectivity index (χ2n) is 5.84. The van der Waals surface area contributed by atoms with Crippen LogP contribution in [0.2, 0.25) is 0 Å². The van der Waals surface area contributed by atoms with Gasteiger partial charge in [0.25, 0.3) is 0 Å². The van der Waals surface area contributed by atoms with Gasteiger partial charge in [-0.15, -0.1) is 0 Å². The van der Waals surface area contributed by atoms with E-state index in [4.69, 9.17) is 4.74 Å². The van der Waals surface area contributed by atoms with E-state index in [9.17, 15) is 9.90 Å². The standard InChI is InChI=1S/C14H27NO3/c1-10(2)7-13(14(16)17)8-15-11(3)12-5-4-6-18-9-12/h10-13,15H,4-9H2,1-3H3,(H,16,17). The van der Waals surface area contributed by atoms with E-state index in [1.54, 1.807) is 0 Å². The van der Waals surface area contributed by atoms with Crippen LogP contribution in [0.3, 0.4) is 0 Å². The predicted molar refractivity (Wildman–Crippen MR) is 71.6 cm³/mol. The lowest BCUT2D eigenvalue weighted by atomic mass is 9.93. The zero-order valence-electron chi connectivity index (χ0n) is 11.8. The van der Waals surface area contributed by atoms with Crippen LogP contribution in [0.1, 0.15) is 40.0 Å². The Hall–Kier alpha value is -0.610. The Morgan fingerprint density at radius 1 is 1.44 bits per heavy atom.